The normalized spacial score (nSPS) is 19.1. The van der Waals surface area contributed by atoms with Gasteiger partial charge in [0.05, 0.1) is 0 Å². The molecule has 0 atom stereocenters. The molecule has 0 saturated heterocycles. The van der Waals surface area contributed by atoms with Crippen molar-refractivity contribution in [1.82, 2.24) is 0 Å². The van der Waals surface area contributed by atoms with Gasteiger partial charge in [-0.1, -0.05) is 86.0 Å². The van der Waals surface area contributed by atoms with Crippen LogP contribution in [0.15, 0.2) is 60.7 Å². The van der Waals surface area contributed by atoms with Crippen molar-refractivity contribution in [3.8, 4) is 11.1 Å². The lowest BCUT2D eigenvalue weighted by molar-refractivity contribution is 0.347. The third-order valence-electron chi connectivity index (χ3n) is 7.15. The number of rotatable bonds is 5. The maximum atomic E-state index is 2.42. The summed E-state index contributed by atoms with van der Waals surface area (Å²) in [5, 5.41) is 0. The van der Waals surface area contributed by atoms with Gasteiger partial charge in [-0.15, -0.1) is 0 Å². The number of hydrogen-bond donors (Lipinski definition) is 0. The van der Waals surface area contributed by atoms with Gasteiger partial charge in [-0.25, -0.2) is 0 Å². The van der Waals surface area contributed by atoms with E-state index in [2.05, 4.69) is 88.4 Å². The van der Waals surface area contributed by atoms with Crippen LogP contribution in [0, 0.1) is 26.7 Å². The van der Waals surface area contributed by atoms with E-state index in [0.29, 0.717) is 0 Å². The molecule has 3 aromatic rings. The molecular weight excluding hydrogens is 360 g/mol. The first-order chi connectivity index (χ1) is 14.5. The lowest BCUT2D eigenvalue weighted by atomic mass is 9.78. The maximum Gasteiger partial charge on any atom is -0.0154 e. The van der Waals surface area contributed by atoms with Crippen molar-refractivity contribution in [2.45, 2.75) is 72.1 Å². The fourth-order valence-electron chi connectivity index (χ4n) is 5.12. The molecule has 1 aliphatic carbocycles. The molecule has 0 radical (unpaired) electrons. The van der Waals surface area contributed by atoms with E-state index >= 15 is 0 Å². The van der Waals surface area contributed by atoms with Crippen LogP contribution in [0.5, 0.6) is 0 Å². The molecule has 1 aliphatic rings. The Labute approximate surface area is 183 Å². The van der Waals surface area contributed by atoms with E-state index in [0.717, 1.165) is 24.7 Å². The molecule has 0 bridgehead atoms. The van der Waals surface area contributed by atoms with Crippen molar-refractivity contribution in [3.05, 3.63) is 94.0 Å². The van der Waals surface area contributed by atoms with Gasteiger partial charge >= 0.3 is 0 Å². The van der Waals surface area contributed by atoms with Gasteiger partial charge in [0, 0.05) is 0 Å². The minimum atomic E-state index is 0.764. The molecule has 0 aliphatic heterocycles. The summed E-state index contributed by atoms with van der Waals surface area (Å²) in [7, 11) is 0. The molecule has 0 amide bonds. The molecule has 0 spiro atoms. The predicted molar refractivity (Wildman–Crippen MR) is 130 cm³/mol. The zero-order valence-electron chi connectivity index (χ0n) is 19.2. The summed E-state index contributed by atoms with van der Waals surface area (Å²) in [5.41, 5.74) is 11.4. The highest BCUT2D eigenvalue weighted by Crippen LogP contribution is 2.38. The number of benzene rings is 3. The third kappa shape index (κ3) is 4.86. The van der Waals surface area contributed by atoms with Crippen molar-refractivity contribution >= 4 is 0 Å². The molecule has 1 fully saturated rings. The van der Waals surface area contributed by atoms with Gasteiger partial charge in [0.1, 0.15) is 0 Å². The molecule has 0 nitrogen and oxygen atoms in total. The number of hydrogen-bond acceptors (Lipinski definition) is 0. The Bertz CT molecular complexity index is 985. The van der Waals surface area contributed by atoms with E-state index < -0.39 is 0 Å². The molecule has 0 heterocycles. The minimum Gasteiger partial charge on any atom is -0.0625 e. The molecule has 0 heteroatoms. The first kappa shape index (κ1) is 20.9. The van der Waals surface area contributed by atoms with Crippen LogP contribution < -0.4 is 0 Å². The van der Waals surface area contributed by atoms with E-state index in [1.807, 2.05) is 0 Å². The molecular formula is C30H36. The van der Waals surface area contributed by atoms with Crippen molar-refractivity contribution in [2.75, 3.05) is 0 Å². The van der Waals surface area contributed by atoms with Crippen LogP contribution in [0.1, 0.15) is 71.9 Å². The first-order valence-electron chi connectivity index (χ1n) is 11.8. The summed E-state index contributed by atoms with van der Waals surface area (Å²) in [6.07, 6.45) is 7.69. The molecule has 3 aromatic carbocycles. The predicted octanol–water partition coefficient (Wildman–Crippen LogP) is 8.36. The lowest BCUT2D eigenvalue weighted by Crippen LogP contribution is -2.11. The van der Waals surface area contributed by atoms with Crippen LogP contribution in [0.2, 0.25) is 0 Å². The van der Waals surface area contributed by atoms with Gasteiger partial charge in [0.2, 0.25) is 0 Å². The summed E-state index contributed by atoms with van der Waals surface area (Å²) in [5.74, 6) is 1.67. The fraction of sp³-hybridized carbons (Fsp3) is 0.400. The Morgan fingerprint density at radius 3 is 2.00 bits per heavy atom. The van der Waals surface area contributed by atoms with Crippen LogP contribution in [-0.4, -0.2) is 0 Å². The second-order valence-electron chi connectivity index (χ2n) is 9.66. The molecule has 0 aromatic heterocycles. The molecule has 4 rings (SSSR count). The van der Waals surface area contributed by atoms with E-state index in [9.17, 15) is 0 Å². The highest BCUT2D eigenvalue weighted by molar-refractivity contribution is 5.69. The van der Waals surface area contributed by atoms with E-state index in [1.165, 1.54) is 64.6 Å². The lowest BCUT2D eigenvalue weighted by Gasteiger charge is -2.28. The molecule has 0 unspecified atom stereocenters. The van der Waals surface area contributed by atoms with Gasteiger partial charge < -0.3 is 0 Å². The monoisotopic (exact) mass is 396 g/mol. The van der Waals surface area contributed by atoms with E-state index in [1.54, 1.807) is 5.56 Å². The average molecular weight is 397 g/mol. The van der Waals surface area contributed by atoms with Gasteiger partial charge in [-0.3, -0.25) is 0 Å². The summed E-state index contributed by atoms with van der Waals surface area (Å²) >= 11 is 0. The Morgan fingerprint density at radius 1 is 0.667 bits per heavy atom. The van der Waals surface area contributed by atoms with E-state index in [-0.39, 0.29) is 0 Å². The Hall–Kier alpha value is -2.34. The Balaban J connectivity index is 1.47. The third-order valence-corrected chi connectivity index (χ3v) is 7.15. The second-order valence-corrected chi connectivity index (χ2v) is 9.66. The highest BCUT2D eigenvalue weighted by Gasteiger charge is 2.21. The van der Waals surface area contributed by atoms with Crippen LogP contribution >= 0.6 is 0 Å². The Morgan fingerprint density at radius 2 is 1.33 bits per heavy atom. The zero-order chi connectivity index (χ0) is 21.1. The van der Waals surface area contributed by atoms with E-state index in [4.69, 9.17) is 0 Å². The van der Waals surface area contributed by atoms with Gasteiger partial charge in [-0.2, -0.15) is 0 Å². The summed E-state index contributed by atoms with van der Waals surface area (Å²) in [4.78, 5) is 0. The largest absolute Gasteiger partial charge is 0.0625 e. The summed E-state index contributed by atoms with van der Waals surface area (Å²) < 4.78 is 0. The SMILES string of the molecule is Cc1ccc(CCc2ccc(-c3ccc(C4CCC(C)CC4)c(C)c3)c(C)c2)cc1. The maximum absolute atomic E-state index is 2.42. The van der Waals surface area contributed by atoms with Crippen molar-refractivity contribution in [1.29, 1.82) is 0 Å². The minimum absolute atomic E-state index is 0.764. The van der Waals surface area contributed by atoms with Crippen molar-refractivity contribution < 1.29 is 0 Å². The van der Waals surface area contributed by atoms with Crippen molar-refractivity contribution in [3.63, 3.8) is 0 Å². The first-order valence-corrected chi connectivity index (χ1v) is 11.8. The van der Waals surface area contributed by atoms with Gasteiger partial charge in [0.15, 0.2) is 0 Å². The van der Waals surface area contributed by atoms with Crippen molar-refractivity contribution in [2.24, 2.45) is 5.92 Å². The summed E-state index contributed by atoms with van der Waals surface area (Å²) in [6, 6.07) is 23.2. The zero-order valence-corrected chi connectivity index (χ0v) is 19.2. The van der Waals surface area contributed by atoms with Gasteiger partial charge in [-0.05, 0) is 97.2 Å². The molecule has 156 valence electrons. The summed E-state index contributed by atoms with van der Waals surface area (Å²) in [6.45, 7) is 9.12. The topological polar surface area (TPSA) is 0 Å². The molecule has 30 heavy (non-hydrogen) atoms. The second kappa shape index (κ2) is 9.21. The Kier molecular flexibility index (Phi) is 6.42. The highest BCUT2D eigenvalue weighted by atomic mass is 14.3. The molecule has 0 N–H and O–H groups in total. The standard InChI is InChI=1S/C30H36/c1-21-5-9-25(10-6-21)11-12-26-13-17-30(23(3)19-26)28-16-18-29(24(4)20-28)27-14-7-22(2)8-15-27/h5-6,9-10,13,16-20,22,27H,7-8,11-12,14-15H2,1-4H3. The van der Waals surface area contributed by atoms with Crippen LogP contribution in [-0.2, 0) is 12.8 Å². The smallest absolute Gasteiger partial charge is 0.0154 e. The van der Waals surface area contributed by atoms with Crippen LogP contribution in [0.4, 0.5) is 0 Å². The molecule has 1 saturated carbocycles. The average Bonchev–Trinajstić information content (AvgIpc) is 2.74. The van der Waals surface area contributed by atoms with Crippen LogP contribution in [0.3, 0.4) is 0 Å². The number of aryl methyl sites for hydroxylation is 5. The van der Waals surface area contributed by atoms with Crippen LogP contribution in [0.25, 0.3) is 11.1 Å². The fourth-order valence-corrected chi connectivity index (χ4v) is 5.12. The van der Waals surface area contributed by atoms with Gasteiger partial charge in [0.25, 0.3) is 0 Å². The quantitative estimate of drug-likeness (QED) is 0.406.